The van der Waals surface area contributed by atoms with Crippen LogP contribution in [-0.2, 0) is 16.6 Å². The van der Waals surface area contributed by atoms with Crippen molar-refractivity contribution in [3.05, 3.63) is 53.8 Å². The van der Waals surface area contributed by atoms with E-state index < -0.39 is 16.8 Å². The molecule has 0 amide bonds. The van der Waals surface area contributed by atoms with Crippen molar-refractivity contribution >= 4 is 16.8 Å². The maximum atomic E-state index is 11.9. The third-order valence-electron chi connectivity index (χ3n) is 2.16. The summed E-state index contributed by atoms with van der Waals surface area (Å²) >= 11 is 0. The molecule has 1 atom stereocenters. The quantitative estimate of drug-likeness (QED) is 0.904. The molecule has 0 saturated carbocycles. The lowest BCUT2D eigenvalue weighted by Gasteiger charge is -1.98. The van der Waals surface area contributed by atoms with E-state index in [2.05, 4.69) is 0 Å². The first-order chi connectivity index (χ1) is 8.16. The molecule has 1 aromatic carbocycles. The Morgan fingerprint density at radius 2 is 1.88 bits per heavy atom. The highest BCUT2D eigenvalue weighted by atomic mass is 32.2. The Kier molecular flexibility index (Phi) is 3.39. The average Bonchev–Trinajstić information content (AvgIpc) is 2.79. The summed E-state index contributed by atoms with van der Waals surface area (Å²) in [7, 11) is -1.36. The van der Waals surface area contributed by atoms with Crippen LogP contribution >= 0.6 is 0 Å². The number of carbonyl (C=O) groups is 1. The Morgan fingerprint density at radius 1 is 1.18 bits per heavy atom. The first kappa shape index (κ1) is 11.6. The van der Waals surface area contributed by atoms with Crippen LogP contribution in [0.5, 0.6) is 0 Å². The minimum atomic E-state index is -1.36. The van der Waals surface area contributed by atoms with Gasteiger partial charge in [-0.05, 0) is 17.7 Å². The molecule has 0 aliphatic rings. The lowest BCUT2D eigenvalue weighted by molar-refractivity contribution is 0.0656. The monoisotopic (exact) mass is 250 g/mol. The lowest BCUT2D eigenvalue weighted by Crippen LogP contribution is -1.95. The summed E-state index contributed by atoms with van der Waals surface area (Å²) in [6, 6.07) is 12.1. The van der Waals surface area contributed by atoms with Crippen molar-refractivity contribution in [2.45, 2.75) is 10.8 Å². The van der Waals surface area contributed by atoms with Gasteiger partial charge < -0.3 is 9.52 Å². The van der Waals surface area contributed by atoms with Crippen molar-refractivity contribution in [3.8, 4) is 0 Å². The van der Waals surface area contributed by atoms with Gasteiger partial charge in [-0.1, -0.05) is 30.3 Å². The van der Waals surface area contributed by atoms with Gasteiger partial charge in [0.1, 0.15) is 0 Å². The Morgan fingerprint density at radius 3 is 2.47 bits per heavy atom. The molecule has 1 aromatic heterocycles. The van der Waals surface area contributed by atoms with Gasteiger partial charge in [-0.15, -0.1) is 0 Å². The summed E-state index contributed by atoms with van der Waals surface area (Å²) in [6.07, 6.45) is 0. The van der Waals surface area contributed by atoms with Crippen molar-refractivity contribution in [2.75, 3.05) is 0 Å². The van der Waals surface area contributed by atoms with Gasteiger partial charge in [-0.2, -0.15) is 0 Å². The third-order valence-corrected chi connectivity index (χ3v) is 3.42. The van der Waals surface area contributed by atoms with Crippen LogP contribution in [0, 0.1) is 0 Å². The van der Waals surface area contributed by atoms with E-state index in [1.807, 2.05) is 30.3 Å². The molecule has 0 bridgehead atoms. The number of hydrogen-bond acceptors (Lipinski definition) is 3. The van der Waals surface area contributed by atoms with Crippen molar-refractivity contribution in [2.24, 2.45) is 0 Å². The lowest BCUT2D eigenvalue weighted by atomic mass is 10.2. The summed E-state index contributed by atoms with van der Waals surface area (Å²) in [5, 5.41) is 8.86. The molecule has 1 N–H and O–H groups in total. The van der Waals surface area contributed by atoms with Gasteiger partial charge in [-0.25, -0.2) is 4.79 Å². The van der Waals surface area contributed by atoms with Crippen LogP contribution < -0.4 is 0 Å². The standard InChI is InChI=1S/C12H10O4S/c13-12(14)10-6-7-11(16-10)17(15)8-9-4-2-1-3-5-9/h1-7H,8H2,(H,13,14). The van der Waals surface area contributed by atoms with Crippen LogP contribution in [0.15, 0.2) is 52.0 Å². The molecule has 0 fully saturated rings. The molecule has 0 aliphatic carbocycles. The number of rotatable bonds is 4. The zero-order valence-electron chi connectivity index (χ0n) is 8.83. The van der Waals surface area contributed by atoms with Crippen LogP contribution in [0.25, 0.3) is 0 Å². The topological polar surface area (TPSA) is 67.5 Å². The molecule has 0 radical (unpaired) electrons. The fraction of sp³-hybridized carbons (Fsp3) is 0.0833. The number of benzene rings is 1. The van der Waals surface area contributed by atoms with Crippen molar-refractivity contribution < 1.29 is 18.5 Å². The molecular formula is C12H10O4S. The molecule has 88 valence electrons. The third kappa shape index (κ3) is 2.82. The van der Waals surface area contributed by atoms with Gasteiger partial charge in [0.15, 0.2) is 5.09 Å². The summed E-state index contributed by atoms with van der Waals surface area (Å²) in [6.45, 7) is 0. The van der Waals surface area contributed by atoms with Crippen LogP contribution in [0.2, 0.25) is 0 Å². The number of carboxylic acid groups (broad SMARTS) is 1. The van der Waals surface area contributed by atoms with E-state index in [0.717, 1.165) is 5.56 Å². The molecule has 0 spiro atoms. The SMILES string of the molecule is O=C(O)c1ccc(S(=O)Cc2ccccc2)o1. The summed E-state index contributed by atoms with van der Waals surface area (Å²) in [5.41, 5.74) is 0.916. The second kappa shape index (κ2) is 4.97. The predicted molar refractivity (Wildman–Crippen MR) is 62.2 cm³/mol. The highest BCUT2D eigenvalue weighted by Gasteiger charge is 2.13. The van der Waals surface area contributed by atoms with Gasteiger partial charge in [0, 0.05) is 0 Å². The number of carboxylic acids is 1. The fourth-order valence-electron chi connectivity index (χ4n) is 1.35. The fourth-order valence-corrected chi connectivity index (χ4v) is 2.39. The molecule has 5 heteroatoms. The molecular weight excluding hydrogens is 240 g/mol. The Labute approximate surface area is 100 Å². The van der Waals surface area contributed by atoms with Crippen molar-refractivity contribution in [1.82, 2.24) is 0 Å². The van der Waals surface area contributed by atoms with E-state index in [0.29, 0.717) is 5.75 Å². The molecule has 2 aromatic rings. The van der Waals surface area contributed by atoms with E-state index >= 15 is 0 Å². The highest BCUT2D eigenvalue weighted by Crippen LogP contribution is 2.15. The molecule has 1 heterocycles. The number of hydrogen-bond donors (Lipinski definition) is 1. The molecule has 0 saturated heterocycles. The zero-order chi connectivity index (χ0) is 12.3. The van der Waals surface area contributed by atoms with Gasteiger partial charge >= 0.3 is 5.97 Å². The second-order valence-corrected chi connectivity index (χ2v) is 4.78. The van der Waals surface area contributed by atoms with Crippen molar-refractivity contribution in [1.29, 1.82) is 0 Å². The molecule has 17 heavy (non-hydrogen) atoms. The van der Waals surface area contributed by atoms with E-state index in [4.69, 9.17) is 9.52 Å². The minimum Gasteiger partial charge on any atom is -0.475 e. The van der Waals surface area contributed by atoms with Gasteiger partial charge in [-0.3, -0.25) is 4.21 Å². The predicted octanol–water partition coefficient (Wildman–Crippen LogP) is 2.29. The van der Waals surface area contributed by atoms with Crippen LogP contribution in [0.3, 0.4) is 0 Å². The van der Waals surface area contributed by atoms with Gasteiger partial charge in [0.25, 0.3) is 0 Å². The summed E-state index contributed by atoms with van der Waals surface area (Å²) in [4.78, 5) is 10.6. The Balaban J connectivity index is 2.12. The van der Waals surface area contributed by atoms with E-state index in [9.17, 15) is 9.00 Å². The van der Waals surface area contributed by atoms with E-state index in [1.54, 1.807) is 0 Å². The maximum absolute atomic E-state index is 11.9. The van der Waals surface area contributed by atoms with Crippen LogP contribution in [-0.4, -0.2) is 15.3 Å². The largest absolute Gasteiger partial charge is 0.475 e. The normalized spacial score (nSPS) is 12.2. The van der Waals surface area contributed by atoms with Gasteiger partial charge in [0.2, 0.25) is 5.76 Å². The summed E-state index contributed by atoms with van der Waals surface area (Å²) < 4.78 is 16.9. The Hall–Kier alpha value is -1.88. The Bertz CT molecular complexity index is 545. The highest BCUT2D eigenvalue weighted by molar-refractivity contribution is 7.84. The molecule has 0 aliphatic heterocycles. The molecule has 4 nitrogen and oxygen atoms in total. The van der Waals surface area contributed by atoms with Crippen LogP contribution in [0.4, 0.5) is 0 Å². The van der Waals surface area contributed by atoms with Crippen molar-refractivity contribution in [3.63, 3.8) is 0 Å². The maximum Gasteiger partial charge on any atom is 0.371 e. The van der Waals surface area contributed by atoms with E-state index in [-0.39, 0.29) is 10.9 Å². The average molecular weight is 250 g/mol. The smallest absolute Gasteiger partial charge is 0.371 e. The second-order valence-electron chi connectivity index (χ2n) is 3.40. The molecule has 1 unspecified atom stereocenters. The van der Waals surface area contributed by atoms with Gasteiger partial charge in [0.05, 0.1) is 16.6 Å². The van der Waals surface area contributed by atoms with E-state index in [1.165, 1.54) is 12.1 Å². The van der Waals surface area contributed by atoms with Crippen LogP contribution in [0.1, 0.15) is 16.1 Å². The first-order valence-corrected chi connectivity index (χ1v) is 6.24. The first-order valence-electron chi connectivity index (χ1n) is 4.92. The number of aromatic carboxylic acids is 1. The number of furan rings is 1. The molecule has 2 rings (SSSR count). The minimum absolute atomic E-state index is 0.186. The summed E-state index contributed by atoms with van der Waals surface area (Å²) in [5.74, 6) is -1.04. The zero-order valence-corrected chi connectivity index (χ0v) is 9.65.